The number of urea groups is 1. The monoisotopic (exact) mass is 348 g/mol. The number of anilines is 1. The highest BCUT2D eigenvalue weighted by Gasteiger charge is 2.11. The van der Waals surface area contributed by atoms with E-state index < -0.39 is 5.97 Å². The van der Waals surface area contributed by atoms with Crippen LogP contribution in [0.3, 0.4) is 0 Å². The summed E-state index contributed by atoms with van der Waals surface area (Å²) in [5, 5.41) is 11.6. The maximum Gasteiger partial charge on any atom is 0.321 e. The number of aliphatic carboxylic acids is 1. The van der Waals surface area contributed by atoms with E-state index in [9.17, 15) is 9.59 Å². The SMILES string of the molecule is CN(CCCC(=O)O)C(=O)Nc1ccc(Br)cc1Cl. The fraction of sp³-hybridized carbons (Fsp3) is 0.333. The van der Waals surface area contributed by atoms with Crippen LogP contribution >= 0.6 is 27.5 Å². The molecule has 1 rings (SSSR count). The van der Waals surface area contributed by atoms with E-state index in [1.807, 2.05) is 0 Å². The van der Waals surface area contributed by atoms with Gasteiger partial charge >= 0.3 is 12.0 Å². The second kappa shape index (κ2) is 7.35. The molecule has 0 aromatic heterocycles. The number of halogens is 2. The third-order valence-electron chi connectivity index (χ3n) is 2.40. The van der Waals surface area contributed by atoms with Crippen molar-refractivity contribution >= 4 is 45.2 Å². The van der Waals surface area contributed by atoms with E-state index in [1.54, 1.807) is 25.2 Å². The Morgan fingerprint density at radius 3 is 2.74 bits per heavy atom. The van der Waals surface area contributed by atoms with E-state index in [0.717, 1.165) is 4.47 Å². The minimum absolute atomic E-state index is 0.0384. The van der Waals surface area contributed by atoms with E-state index in [2.05, 4.69) is 21.2 Å². The van der Waals surface area contributed by atoms with Crippen molar-refractivity contribution in [2.24, 2.45) is 0 Å². The number of nitrogens with zero attached hydrogens (tertiary/aromatic N) is 1. The Morgan fingerprint density at radius 2 is 2.16 bits per heavy atom. The normalized spacial score (nSPS) is 10.1. The molecule has 19 heavy (non-hydrogen) atoms. The first kappa shape index (κ1) is 15.8. The van der Waals surface area contributed by atoms with Crippen LogP contribution < -0.4 is 5.32 Å². The number of hydrogen-bond donors (Lipinski definition) is 2. The molecule has 0 radical (unpaired) electrons. The Kier molecular flexibility index (Phi) is 6.11. The Balaban J connectivity index is 2.51. The number of nitrogens with one attached hydrogen (secondary N) is 1. The second-order valence-corrected chi connectivity index (χ2v) is 5.30. The third kappa shape index (κ3) is 5.48. The van der Waals surface area contributed by atoms with Gasteiger partial charge < -0.3 is 15.3 Å². The number of rotatable bonds is 5. The number of carboxylic acids is 1. The van der Waals surface area contributed by atoms with Crippen LogP contribution in [0, 0.1) is 0 Å². The highest BCUT2D eigenvalue weighted by atomic mass is 79.9. The highest BCUT2D eigenvalue weighted by Crippen LogP contribution is 2.25. The van der Waals surface area contributed by atoms with Crippen LogP contribution in [-0.2, 0) is 4.79 Å². The molecule has 1 aromatic carbocycles. The van der Waals surface area contributed by atoms with E-state index in [-0.39, 0.29) is 12.5 Å². The standard InChI is InChI=1S/C12H14BrClN2O3/c1-16(6-2-3-11(17)18)12(19)15-10-5-4-8(13)7-9(10)14/h4-5,7H,2-3,6H2,1H3,(H,15,19)(H,17,18). The molecule has 0 bridgehead atoms. The van der Waals surface area contributed by atoms with Crippen LogP contribution in [0.1, 0.15) is 12.8 Å². The van der Waals surface area contributed by atoms with Gasteiger partial charge in [0, 0.05) is 24.5 Å². The van der Waals surface area contributed by atoms with E-state index >= 15 is 0 Å². The fourth-order valence-corrected chi connectivity index (χ4v) is 2.09. The minimum Gasteiger partial charge on any atom is -0.481 e. The lowest BCUT2D eigenvalue weighted by atomic mass is 10.3. The predicted octanol–water partition coefficient (Wildman–Crippen LogP) is 3.43. The number of carbonyl (C=O) groups excluding carboxylic acids is 1. The largest absolute Gasteiger partial charge is 0.481 e. The van der Waals surface area contributed by atoms with Gasteiger partial charge in [-0.2, -0.15) is 0 Å². The minimum atomic E-state index is -0.871. The molecule has 1 aromatic rings. The number of amides is 2. The molecule has 0 saturated heterocycles. The lowest BCUT2D eigenvalue weighted by Crippen LogP contribution is -2.32. The van der Waals surface area contributed by atoms with Crippen LogP contribution in [-0.4, -0.2) is 35.6 Å². The van der Waals surface area contributed by atoms with Gasteiger partial charge in [0.25, 0.3) is 0 Å². The van der Waals surface area contributed by atoms with Gasteiger partial charge in [-0.25, -0.2) is 4.79 Å². The Hall–Kier alpha value is -1.27. The molecule has 5 nitrogen and oxygen atoms in total. The summed E-state index contributed by atoms with van der Waals surface area (Å²) in [4.78, 5) is 23.6. The summed E-state index contributed by atoms with van der Waals surface area (Å²) in [7, 11) is 1.60. The first-order valence-corrected chi connectivity index (χ1v) is 6.76. The van der Waals surface area contributed by atoms with E-state index in [4.69, 9.17) is 16.7 Å². The Bertz CT molecular complexity index is 482. The average Bonchev–Trinajstić information content (AvgIpc) is 2.32. The predicted molar refractivity (Wildman–Crippen MR) is 77.7 cm³/mol. The zero-order valence-electron chi connectivity index (χ0n) is 10.3. The van der Waals surface area contributed by atoms with Gasteiger partial charge in [0.05, 0.1) is 10.7 Å². The summed E-state index contributed by atoms with van der Waals surface area (Å²) in [6.07, 6.45) is 0.448. The molecule has 0 aliphatic rings. The smallest absolute Gasteiger partial charge is 0.321 e. The van der Waals surface area contributed by atoms with Gasteiger partial charge in [0.2, 0.25) is 0 Å². The molecule has 2 amide bonds. The second-order valence-electron chi connectivity index (χ2n) is 3.97. The molecule has 0 saturated carbocycles. The van der Waals surface area contributed by atoms with Gasteiger partial charge in [-0.3, -0.25) is 4.79 Å². The molecule has 0 heterocycles. The summed E-state index contributed by atoms with van der Waals surface area (Å²) >= 11 is 9.26. The molecule has 104 valence electrons. The van der Waals surface area contributed by atoms with Crippen molar-refractivity contribution in [2.75, 3.05) is 18.9 Å². The van der Waals surface area contributed by atoms with Crippen molar-refractivity contribution in [1.82, 2.24) is 4.90 Å². The summed E-state index contributed by atoms with van der Waals surface area (Å²) in [6, 6.07) is 4.82. The number of benzene rings is 1. The summed E-state index contributed by atoms with van der Waals surface area (Å²) in [6.45, 7) is 0.367. The van der Waals surface area contributed by atoms with Gasteiger partial charge in [0.1, 0.15) is 0 Å². The lowest BCUT2D eigenvalue weighted by Gasteiger charge is -2.18. The quantitative estimate of drug-likeness (QED) is 0.855. The molecular weight excluding hydrogens is 336 g/mol. The van der Waals surface area contributed by atoms with Gasteiger partial charge in [-0.1, -0.05) is 27.5 Å². The zero-order chi connectivity index (χ0) is 14.4. The summed E-state index contributed by atoms with van der Waals surface area (Å²) < 4.78 is 0.824. The van der Waals surface area contributed by atoms with Crippen molar-refractivity contribution in [3.05, 3.63) is 27.7 Å². The summed E-state index contributed by atoms with van der Waals surface area (Å²) in [5.41, 5.74) is 0.514. The van der Waals surface area contributed by atoms with E-state index in [1.165, 1.54) is 4.90 Å². The van der Waals surface area contributed by atoms with Crippen LogP contribution in [0.5, 0.6) is 0 Å². The molecule has 0 spiro atoms. The molecule has 0 unspecified atom stereocenters. The maximum absolute atomic E-state index is 11.8. The van der Waals surface area contributed by atoms with Crippen LogP contribution in [0.25, 0.3) is 0 Å². The molecule has 2 N–H and O–H groups in total. The van der Waals surface area contributed by atoms with Crippen LogP contribution in [0.4, 0.5) is 10.5 Å². The summed E-state index contributed by atoms with van der Waals surface area (Å²) in [5.74, 6) is -0.871. The van der Waals surface area contributed by atoms with Crippen molar-refractivity contribution in [3.8, 4) is 0 Å². The number of hydrogen-bond acceptors (Lipinski definition) is 2. The molecule has 0 aliphatic carbocycles. The van der Waals surface area contributed by atoms with Crippen molar-refractivity contribution < 1.29 is 14.7 Å². The first-order chi connectivity index (χ1) is 8.90. The highest BCUT2D eigenvalue weighted by molar-refractivity contribution is 9.10. The fourth-order valence-electron chi connectivity index (χ4n) is 1.37. The average molecular weight is 350 g/mol. The first-order valence-electron chi connectivity index (χ1n) is 5.59. The molecule has 7 heteroatoms. The molecule has 0 atom stereocenters. The maximum atomic E-state index is 11.8. The van der Waals surface area contributed by atoms with Crippen LogP contribution in [0.2, 0.25) is 5.02 Å². The third-order valence-corrected chi connectivity index (χ3v) is 3.21. The Labute approximate surface area is 124 Å². The Morgan fingerprint density at radius 1 is 1.47 bits per heavy atom. The zero-order valence-corrected chi connectivity index (χ0v) is 12.7. The lowest BCUT2D eigenvalue weighted by molar-refractivity contribution is -0.137. The number of carboxylic acid groups (broad SMARTS) is 1. The van der Waals surface area contributed by atoms with Gasteiger partial charge in [-0.05, 0) is 24.6 Å². The molecule has 0 aliphatic heterocycles. The topological polar surface area (TPSA) is 69.6 Å². The van der Waals surface area contributed by atoms with Gasteiger partial charge in [-0.15, -0.1) is 0 Å². The van der Waals surface area contributed by atoms with Gasteiger partial charge in [0.15, 0.2) is 0 Å². The van der Waals surface area contributed by atoms with Crippen molar-refractivity contribution in [2.45, 2.75) is 12.8 Å². The van der Waals surface area contributed by atoms with Crippen molar-refractivity contribution in [3.63, 3.8) is 0 Å². The van der Waals surface area contributed by atoms with Crippen LogP contribution in [0.15, 0.2) is 22.7 Å². The molecule has 0 fully saturated rings. The molecular formula is C12H14BrClN2O3. The van der Waals surface area contributed by atoms with Crippen molar-refractivity contribution in [1.29, 1.82) is 0 Å². The van der Waals surface area contributed by atoms with E-state index in [0.29, 0.717) is 23.7 Å². The number of carbonyl (C=O) groups is 2.